The maximum atomic E-state index is 13.5. The second-order valence-corrected chi connectivity index (χ2v) is 5.03. The maximum absolute atomic E-state index is 13.5. The molecule has 0 saturated carbocycles. The lowest BCUT2D eigenvalue weighted by Gasteiger charge is -2.11. The van der Waals surface area contributed by atoms with Gasteiger partial charge in [0.2, 0.25) is 0 Å². The molecule has 2 aromatic rings. The average molecular weight is 291 g/mol. The third kappa shape index (κ3) is 2.91. The van der Waals surface area contributed by atoms with Gasteiger partial charge in [-0.2, -0.15) is 4.98 Å². The van der Waals surface area contributed by atoms with Crippen LogP contribution >= 0.6 is 12.2 Å². The van der Waals surface area contributed by atoms with Gasteiger partial charge in [-0.15, -0.1) is 0 Å². The number of hydrogen-bond donors (Lipinski definition) is 1. The quantitative estimate of drug-likeness (QED) is 0.874. The van der Waals surface area contributed by atoms with Gasteiger partial charge in [0, 0.05) is 17.0 Å². The number of aromatic nitrogens is 2. The number of halogens is 1. The van der Waals surface area contributed by atoms with Crippen molar-refractivity contribution in [1.82, 2.24) is 9.55 Å². The minimum absolute atomic E-state index is 0.00421. The fraction of sp³-hybridized carbons (Fsp3) is 0.214. The number of aryl methyl sites for hydroxylation is 2. The van der Waals surface area contributed by atoms with Crippen LogP contribution in [0.5, 0.6) is 0 Å². The molecule has 0 radical (unpaired) electrons. The van der Waals surface area contributed by atoms with Gasteiger partial charge in [0.15, 0.2) is 0 Å². The van der Waals surface area contributed by atoms with Crippen LogP contribution < -0.4 is 11.4 Å². The highest BCUT2D eigenvalue weighted by atomic mass is 32.1. The predicted molar refractivity (Wildman–Crippen MR) is 79.4 cm³/mol. The predicted octanol–water partition coefficient (Wildman–Crippen LogP) is 1.68. The number of hydrogen-bond acceptors (Lipinski definition) is 3. The summed E-state index contributed by atoms with van der Waals surface area (Å²) in [6.07, 6.45) is 0. The number of rotatable bonds is 3. The summed E-state index contributed by atoms with van der Waals surface area (Å²) >= 11 is 4.80. The van der Waals surface area contributed by atoms with Crippen LogP contribution in [0.2, 0.25) is 0 Å². The third-order valence-corrected chi connectivity index (χ3v) is 3.20. The number of benzene rings is 1. The van der Waals surface area contributed by atoms with E-state index in [1.54, 1.807) is 19.1 Å². The SMILES string of the molecule is Cc1cc(C)n(Cc2ccc(F)c(C(N)=S)c2)c(=O)n1. The lowest BCUT2D eigenvalue weighted by molar-refractivity contribution is 0.622. The molecule has 104 valence electrons. The summed E-state index contributed by atoms with van der Waals surface area (Å²) in [5, 5.41) is 0. The average Bonchev–Trinajstić information content (AvgIpc) is 2.35. The van der Waals surface area contributed by atoms with Crippen molar-refractivity contribution in [3.63, 3.8) is 0 Å². The van der Waals surface area contributed by atoms with Crippen molar-refractivity contribution in [3.8, 4) is 0 Å². The molecule has 0 aliphatic carbocycles. The monoisotopic (exact) mass is 291 g/mol. The highest BCUT2D eigenvalue weighted by Gasteiger charge is 2.09. The smallest absolute Gasteiger partial charge is 0.348 e. The molecule has 2 N–H and O–H groups in total. The van der Waals surface area contributed by atoms with Gasteiger partial charge in [-0.3, -0.25) is 4.57 Å². The minimum atomic E-state index is -0.465. The largest absolute Gasteiger partial charge is 0.389 e. The Hall–Kier alpha value is -2.08. The first-order valence-electron chi connectivity index (χ1n) is 6.02. The summed E-state index contributed by atoms with van der Waals surface area (Å²) in [5.41, 5.74) is 7.53. The van der Waals surface area contributed by atoms with Crippen LogP contribution in [0.4, 0.5) is 4.39 Å². The highest BCUT2D eigenvalue weighted by molar-refractivity contribution is 7.80. The number of nitrogens with two attached hydrogens (primary N) is 1. The highest BCUT2D eigenvalue weighted by Crippen LogP contribution is 2.12. The van der Waals surface area contributed by atoms with E-state index in [9.17, 15) is 9.18 Å². The molecule has 4 nitrogen and oxygen atoms in total. The van der Waals surface area contributed by atoms with E-state index in [2.05, 4.69) is 4.98 Å². The van der Waals surface area contributed by atoms with Crippen LogP contribution in [0.15, 0.2) is 29.1 Å². The van der Waals surface area contributed by atoms with Crippen LogP contribution in [-0.4, -0.2) is 14.5 Å². The Balaban J connectivity index is 2.43. The Labute approximate surface area is 121 Å². The molecule has 0 amide bonds. The summed E-state index contributed by atoms with van der Waals surface area (Å²) in [7, 11) is 0. The molecule has 20 heavy (non-hydrogen) atoms. The van der Waals surface area contributed by atoms with Crippen molar-refractivity contribution < 1.29 is 4.39 Å². The molecule has 0 aliphatic rings. The second kappa shape index (κ2) is 5.50. The van der Waals surface area contributed by atoms with E-state index >= 15 is 0 Å². The van der Waals surface area contributed by atoms with Crippen molar-refractivity contribution in [2.75, 3.05) is 0 Å². The van der Waals surface area contributed by atoms with E-state index in [1.807, 2.05) is 13.0 Å². The zero-order valence-electron chi connectivity index (χ0n) is 11.2. The Morgan fingerprint density at radius 2 is 2.10 bits per heavy atom. The fourth-order valence-corrected chi connectivity index (χ4v) is 2.17. The summed E-state index contributed by atoms with van der Waals surface area (Å²) in [5.74, 6) is -0.465. The van der Waals surface area contributed by atoms with E-state index in [-0.39, 0.29) is 16.2 Å². The van der Waals surface area contributed by atoms with Crippen LogP contribution in [0.3, 0.4) is 0 Å². The Bertz CT molecular complexity index is 740. The van der Waals surface area contributed by atoms with Crippen LogP contribution in [0, 0.1) is 19.7 Å². The molecule has 6 heteroatoms. The lowest BCUT2D eigenvalue weighted by Crippen LogP contribution is -2.26. The molecule has 0 unspecified atom stereocenters. The van der Waals surface area contributed by atoms with E-state index in [0.717, 1.165) is 11.3 Å². The first-order valence-corrected chi connectivity index (χ1v) is 6.42. The topological polar surface area (TPSA) is 60.9 Å². The Morgan fingerprint density at radius 1 is 1.40 bits per heavy atom. The van der Waals surface area contributed by atoms with Crippen LogP contribution in [0.1, 0.15) is 22.5 Å². The number of nitrogens with zero attached hydrogens (tertiary/aromatic N) is 2. The second-order valence-electron chi connectivity index (χ2n) is 4.59. The van der Waals surface area contributed by atoms with E-state index in [0.29, 0.717) is 12.2 Å². The standard InChI is InChI=1S/C14H14FN3OS/c1-8-5-9(2)18(14(19)17-8)7-10-3-4-12(15)11(6-10)13(16)20/h3-6H,7H2,1-2H3,(H2,16,20). The fourth-order valence-electron chi connectivity index (χ4n) is 2.01. The van der Waals surface area contributed by atoms with Gasteiger partial charge >= 0.3 is 5.69 Å². The van der Waals surface area contributed by atoms with Crippen LogP contribution in [-0.2, 0) is 6.54 Å². The van der Waals surface area contributed by atoms with Crippen molar-refractivity contribution in [1.29, 1.82) is 0 Å². The molecule has 0 aliphatic heterocycles. The maximum Gasteiger partial charge on any atom is 0.348 e. The summed E-state index contributed by atoms with van der Waals surface area (Å²) in [6.45, 7) is 3.89. The van der Waals surface area contributed by atoms with E-state index in [1.165, 1.54) is 10.6 Å². The third-order valence-electron chi connectivity index (χ3n) is 2.98. The molecular weight excluding hydrogens is 277 g/mol. The van der Waals surface area contributed by atoms with Crippen molar-refractivity contribution >= 4 is 17.2 Å². The lowest BCUT2D eigenvalue weighted by atomic mass is 10.1. The summed E-state index contributed by atoms with van der Waals surface area (Å²) in [6, 6.07) is 6.28. The summed E-state index contributed by atoms with van der Waals surface area (Å²) < 4.78 is 15.0. The van der Waals surface area contributed by atoms with Gasteiger partial charge in [0.05, 0.1) is 6.54 Å². The zero-order chi connectivity index (χ0) is 14.9. The molecule has 1 aromatic carbocycles. The van der Waals surface area contributed by atoms with E-state index in [4.69, 9.17) is 18.0 Å². The molecule has 1 heterocycles. The molecule has 0 spiro atoms. The van der Waals surface area contributed by atoms with Crippen LogP contribution in [0.25, 0.3) is 0 Å². The van der Waals surface area contributed by atoms with Gasteiger partial charge in [-0.1, -0.05) is 18.3 Å². The molecule has 0 atom stereocenters. The van der Waals surface area contributed by atoms with Gasteiger partial charge in [0.1, 0.15) is 10.8 Å². The van der Waals surface area contributed by atoms with Gasteiger partial charge < -0.3 is 5.73 Å². The first kappa shape index (κ1) is 14.3. The van der Waals surface area contributed by atoms with E-state index < -0.39 is 5.82 Å². The molecule has 0 fully saturated rings. The Kier molecular flexibility index (Phi) is 3.94. The molecule has 1 aromatic heterocycles. The Morgan fingerprint density at radius 3 is 2.70 bits per heavy atom. The summed E-state index contributed by atoms with van der Waals surface area (Å²) in [4.78, 5) is 15.8. The molecule has 0 saturated heterocycles. The number of thiocarbonyl (C=S) groups is 1. The van der Waals surface area contributed by atoms with Gasteiger partial charge in [-0.25, -0.2) is 9.18 Å². The molecule has 2 rings (SSSR count). The van der Waals surface area contributed by atoms with Gasteiger partial charge in [-0.05, 0) is 37.6 Å². The van der Waals surface area contributed by atoms with Crippen molar-refractivity contribution in [2.24, 2.45) is 5.73 Å². The molecule has 0 bridgehead atoms. The minimum Gasteiger partial charge on any atom is -0.389 e. The van der Waals surface area contributed by atoms with Crippen molar-refractivity contribution in [3.05, 3.63) is 63.1 Å². The van der Waals surface area contributed by atoms with Crippen molar-refractivity contribution in [2.45, 2.75) is 20.4 Å². The van der Waals surface area contributed by atoms with Gasteiger partial charge in [0.25, 0.3) is 0 Å². The zero-order valence-corrected chi connectivity index (χ0v) is 12.0. The molecular formula is C14H14FN3OS. The first-order chi connectivity index (χ1) is 9.38. The normalized spacial score (nSPS) is 10.6.